The van der Waals surface area contributed by atoms with Crippen LogP contribution in [0.4, 0.5) is 0 Å². The monoisotopic (exact) mass is 345 g/mol. The number of hydrogen-bond donors (Lipinski definition) is 1. The van der Waals surface area contributed by atoms with Crippen molar-refractivity contribution in [2.45, 2.75) is 6.42 Å². The van der Waals surface area contributed by atoms with Crippen molar-refractivity contribution < 1.29 is 14.6 Å². The number of hydrogen-bond acceptors (Lipinski definition) is 4. The molecular weight excluding hydrogens is 326 g/mol. The third-order valence-corrected chi connectivity index (χ3v) is 4.62. The summed E-state index contributed by atoms with van der Waals surface area (Å²) in [5.74, 6) is 1.59. The van der Waals surface area contributed by atoms with Crippen molar-refractivity contribution in [1.82, 2.24) is 4.98 Å². The van der Waals surface area contributed by atoms with Crippen molar-refractivity contribution in [1.29, 1.82) is 0 Å². The zero-order chi connectivity index (χ0) is 18.1. The zero-order valence-electron chi connectivity index (χ0n) is 14.7. The molecule has 4 aromatic rings. The Morgan fingerprint density at radius 2 is 1.62 bits per heavy atom. The smallest absolute Gasteiger partial charge is 0.161 e. The summed E-state index contributed by atoms with van der Waals surface area (Å²) in [7, 11) is 3.26. The molecule has 4 rings (SSSR count). The fraction of sp³-hybridized carbons (Fsp3) is 0.136. The molecule has 0 aliphatic rings. The molecule has 130 valence electrons. The summed E-state index contributed by atoms with van der Waals surface area (Å²) in [6.07, 6.45) is 2.52. The lowest BCUT2D eigenvalue weighted by Gasteiger charge is -2.15. The Morgan fingerprint density at radius 3 is 2.31 bits per heavy atom. The highest BCUT2D eigenvalue weighted by molar-refractivity contribution is 6.10. The van der Waals surface area contributed by atoms with Crippen molar-refractivity contribution in [3.8, 4) is 17.2 Å². The molecule has 0 saturated carbocycles. The zero-order valence-corrected chi connectivity index (χ0v) is 14.7. The summed E-state index contributed by atoms with van der Waals surface area (Å²) in [5, 5.41) is 14.1. The molecule has 4 heteroatoms. The van der Waals surface area contributed by atoms with E-state index in [0.29, 0.717) is 17.9 Å². The van der Waals surface area contributed by atoms with Gasteiger partial charge in [0.2, 0.25) is 0 Å². The van der Waals surface area contributed by atoms with E-state index in [9.17, 15) is 5.11 Å². The summed E-state index contributed by atoms with van der Waals surface area (Å²) in [6.45, 7) is 0. The van der Waals surface area contributed by atoms with E-state index in [-0.39, 0.29) is 5.75 Å². The number of aromatic hydroxyl groups is 1. The highest BCUT2D eigenvalue weighted by atomic mass is 16.5. The number of nitrogens with zero attached hydrogens (tertiary/aromatic N) is 1. The van der Waals surface area contributed by atoms with Crippen LogP contribution in [0.25, 0.3) is 21.5 Å². The van der Waals surface area contributed by atoms with E-state index >= 15 is 0 Å². The number of phenols is 1. The van der Waals surface area contributed by atoms with Gasteiger partial charge in [0.15, 0.2) is 11.5 Å². The standard InChI is InChI=1S/C22H19NO3/c1-25-21-12-19-15(10-16-5-3-4-8-23-16)9-14-6-7-17(24)11-18(14)20(19)13-22(21)26-2/h3-9,11-13,24H,10H2,1-2H3. The van der Waals surface area contributed by atoms with Crippen LogP contribution < -0.4 is 9.47 Å². The van der Waals surface area contributed by atoms with Crippen LogP contribution in [0.3, 0.4) is 0 Å². The normalized spacial score (nSPS) is 11.0. The summed E-state index contributed by atoms with van der Waals surface area (Å²) >= 11 is 0. The molecule has 3 aromatic carbocycles. The number of ether oxygens (including phenoxy) is 2. The van der Waals surface area contributed by atoms with E-state index in [1.807, 2.05) is 36.4 Å². The quantitative estimate of drug-likeness (QED) is 0.545. The van der Waals surface area contributed by atoms with Crippen molar-refractivity contribution in [2.75, 3.05) is 14.2 Å². The van der Waals surface area contributed by atoms with Crippen LogP contribution in [-0.2, 0) is 6.42 Å². The van der Waals surface area contributed by atoms with Crippen LogP contribution in [0.1, 0.15) is 11.3 Å². The van der Waals surface area contributed by atoms with Crippen molar-refractivity contribution in [2.24, 2.45) is 0 Å². The molecule has 0 unspecified atom stereocenters. The number of rotatable bonds is 4. The molecule has 0 bridgehead atoms. The summed E-state index contributed by atoms with van der Waals surface area (Å²) < 4.78 is 11.0. The minimum atomic E-state index is 0.242. The Bertz CT molecular complexity index is 1090. The van der Waals surface area contributed by atoms with Gasteiger partial charge >= 0.3 is 0 Å². The van der Waals surface area contributed by atoms with Crippen molar-refractivity contribution >= 4 is 21.5 Å². The molecule has 0 aliphatic carbocycles. The number of pyridine rings is 1. The molecule has 26 heavy (non-hydrogen) atoms. The van der Waals surface area contributed by atoms with E-state index in [0.717, 1.165) is 32.8 Å². The molecule has 0 spiro atoms. The lowest BCUT2D eigenvalue weighted by atomic mass is 9.94. The molecule has 0 amide bonds. The fourth-order valence-electron chi connectivity index (χ4n) is 3.38. The summed E-state index contributed by atoms with van der Waals surface area (Å²) in [4.78, 5) is 4.46. The number of fused-ring (bicyclic) bond motifs is 3. The SMILES string of the molecule is COc1cc2c(Cc3ccccn3)cc3ccc(O)cc3c2cc1OC. The molecule has 1 N–H and O–H groups in total. The van der Waals surface area contributed by atoms with Crippen LogP contribution in [0.15, 0.2) is 60.8 Å². The van der Waals surface area contributed by atoms with Gasteiger partial charge in [0, 0.05) is 18.3 Å². The maximum atomic E-state index is 9.96. The summed E-state index contributed by atoms with van der Waals surface area (Å²) in [5.41, 5.74) is 2.15. The molecule has 0 fully saturated rings. The van der Waals surface area contributed by atoms with Gasteiger partial charge in [-0.1, -0.05) is 18.2 Å². The van der Waals surface area contributed by atoms with Gasteiger partial charge in [0.1, 0.15) is 5.75 Å². The van der Waals surface area contributed by atoms with Crippen LogP contribution >= 0.6 is 0 Å². The third kappa shape index (κ3) is 2.80. The number of aromatic nitrogens is 1. The van der Waals surface area contributed by atoms with Gasteiger partial charge in [-0.2, -0.15) is 0 Å². The highest BCUT2D eigenvalue weighted by Crippen LogP contribution is 2.39. The van der Waals surface area contributed by atoms with E-state index in [1.165, 1.54) is 0 Å². The largest absolute Gasteiger partial charge is 0.508 e. The molecule has 1 heterocycles. The minimum absolute atomic E-state index is 0.242. The second kappa shape index (κ2) is 6.56. The van der Waals surface area contributed by atoms with Gasteiger partial charge in [0.25, 0.3) is 0 Å². The Balaban J connectivity index is 2.04. The maximum absolute atomic E-state index is 9.96. The first-order chi connectivity index (χ1) is 12.7. The Kier molecular flexibility index (Phi) is 4.09. The van der Waals surface area contributed by atoms with Crippen molar-refractivity contribution in [3.05, 3.63) is 72.1 Å². The first-order valence-electron chi connectivity index (χ1n) is 8.40. The van der Waals surface area contributed by atoms with E-state index in [1.54, 1.807) is 32.5 Å². The predicted octanol–water partition coefficient (Wildman–Crippen LogP) is 4.70. The van der Waals surface area contributed by atoms with Crippen molar-refractivity contribution in [3.63, 3.8) is 0 Å². The lowest BCUT2D eigenvalue weighted by Crippen LogP contribution is -1.96. The van der Waals surface area contributed by atoms with Gasteiger partial charge < -0.3 is 14.6 Å². The highest BCUT2D eigenvalue weighted by Gasteiger charge is 2.13. The predicted molar refractivity (Wildman–Crippen MR) is 103 cm³/mol. The molecular formula is C22H19NO3. The van der Waals surface area contributed by atoms with E-state index in [2.05, 4.69) is 11.1 Å². The van der Waals surface area contributed by atoms with Gasteiger partial charge in [-0.05, 0) is 63.5 Å². The average Bonchev–Trinajstić information content (AvgIpc) is 2.68. The van der Waals surface area contributed by atoms with Gasteiger partial charge in [-0.25, -0.2) is 0 Å². The maximum Gasteiger partial charge on any atom is 0.161 e. The van der Waals surface area contributed by atoms with Gasteiger partial charge in [-0.15, -0.1) is 0 Å². The Hall–Kier alpha value is -3.27. The first-order valence-corrected chi connectivity index (χ1v) is 8.40. The van der Waals surface area contributed by atoms with Crippen LogP contribution in [0.2, 0.25) is 0 Å². The number of benzene rings is 3. The third-order valence-electron chi connectivity index (χ3n) is 4.62. The van der Waals surface area contributed by atoms with Crippen LogP contribution in [0, 0.1) is 0 Å². The lowest BCUT2D eigenvalue weighted by molar-refractivity contribution is 0.356. The van der Waals surface area contributed by atoms with Gasteiger partial charge in [0.05, 0.1) is 14.2 Å². The molecule has 0 aliphatic heterocycles. The first kappa shape index (κ1) is 16.2. The molecule has 4 nitrogen and oxygen atoms in total. The second-order valence-electron chi connectivity index (χ2n) is 6.19. The Labute approximate surface area is 151 Å². The second-order valence-corrected chi connectivity index (χ2v) is 6.19. The van der Waals surface area contributed by atoms with Crippen LogP contribution in [-0.4, -0.2) is 24.3 Å². The molecule has 1 aromatic heterocycles. The van der Waals surface area contributed by atoms with E-state index < -0.39 is 0 Å². The van der Waals surface area contributed by atoms with Crippen LogP contribution in [0.5, 0.6) is 17.2 Å². The topological polar surface area (TPSA) is 51.6 Å². The van der Waals surface area contributed by atoms with E-state index in [4.69, 9.17) is 9.47 Å². The molecule has 0 saturated heterocycles. The molecule has 0 atom stereocenters. The minimum Gasteiger partial charge on any atom is -0.508 e. The average molecular weight is 345 g/mol. The van der Waals surface area contributed by atoms with Gasteiger partial charge in [-0.3, -0.25) is 4.98 Å². The summed E-state index contributed by atoms with van der Waals surface area (Å²) in [6, 6.07) is 17.5. The molecule has 0 radical (unpaired) electrons. The fourth-order valence-corrected chi connectivity index (χ4v) is 3.38. The Morgan fingerprint density at radius 1 is 0.846 bits per heavy atom. The number of methoxy groups -OCH3 is 2. The number of phenolic OH excluding ortho intramolecular Hbond substituents is 1.